The second-order valence-corrected chi connectivity index (χ2v) is 5.68. The van der Waals surface area contributed by atoms with Gasteiger partial charge in [0.25, 0.3) is 0 Å². The largest absolute Gasteiger partial charge is 0.117 e. The summed E-state index contributed by atoms with van der Waals surface area (Å²) in [5, 5.41) is 0.765. The molecule has 94 valence electrons. The van der Waals surface area contributed by atoms with Gasteiger partial charge in [0.1, 0.15) is 0 Å². The first-order valence-electron chi connectivity index (χ1n) is 6.01. The van der Waals surface area contributed by atoms with Gasteiger partial charge < -0.3 is 0 Å². The number of benzene rings is 2. The van der Waals surface area contributed by atoms with Crippen LogP contribution in [0.15, 0.2) is 42.5 Å². The molecule has 2 heteroatoms. The zero-order valence-electron chi connectivity index (χ0n) is 10.6. The minimum absolute atomic E-state index is 0.00442. The van der Waals surface area contributed by atoms with Crippen molar-refractivity contribution in [1.29, 1.82) is 0 Å². The van der Waals surface area contributed by atoms with Gasteiger partial charge in [-0.25, -0.2) is 0 Å². The van der Waals surface area contributed by atoms with Crippen LogP contribution in [0, 0.1) is 13.8 Å². The summed E-state index contributed by atoms with van der Waals surface area (Å²) < 4.78 is 0. The van der Waals surface area contributed by atoms with E-state index in [9.17, 15) is 0 Å². The lowest BCUT2D eigenvalue weighted by molar-refractivity contribution is 0.916. The summed E-state index contributed by atoms with van der Waals surface area (Å²) in [5.74, 6) is 0. The number of halogens is 2. The van der Waals surface area contributed by atoms with Crippen LogP contribution >= 0.6 is 23.2 Å². The Balaban J connectivity index is 2.16. The van der Waals surface area contributed by atoms with Crippen molar-refractivity contribution in [3.8, 4) is 0 Å². The van der Waals surface area contributed by atoms with Crippen molar-refractivity contribution < 1.29 is 0 Å². The van der Waals surface area contributed by atoms with Crippen LogP contribution in [0.3, 0.4) is 0 Å². The highest BCUT2D eigenvalue weighted by molar-refractivity contribution is 6.30. The predicted molar refractivity (Wildman–Crippen MR) is 79.7 cm³/mol. The molecule has 0 aliphatic heterocycles. The lowest BCUT2D eigenvalue weighted by Crippen LogP contribution is -1.97. The van der Waals surface area contributed by atoms with E-state index in [-0.39, 0.29) is 5.38 Å². The maximum atomic E-state index is 6.49. The zero-order chi connectivity index (χ0) is 13.1. The Hall–Kier alpha value is -0.980. The quantitative estimate of drug-likeness (QED) is 0.653. The molecule has 0 N–H and O–H groups in total. The van der Waals surface area contributed by atoms with Crippen molar-refractivity contribution in [3.05, 3.63) is 69.7 Å². The van der Waals surface area contributed by atoms with Gasteiger partial charge in [0, 0.05) is 5.02 Å². The fourth-order valence-corrected chi connectivity index (χ4v) is 2.57. The average molecular weight is 279 g/mol. The van der Waals surface area contributed by atoms with Crippen molar-refractivity contribution in [3.63, 3.8) is 0 Å². The van der Waals surface area contributed by atoms with E-state index in [1.165, 1.54) is 22.3 Å². The lowest BCUT2D eigenvalue weighted by atomic mass is 10.0. The highest BCUT2D eigenvalue weighted by Gasteiger charge is 2.09. The van der Waals surface area contributed by atoms with Crippen LogP contribution in [0.5, 0.6) is 0 Å². The van der Waals surface area contributed by atoms with Crippen LogP contribution in [0.2, 0.25) is 5.02 Å². The van der Waals surface area contributed by atoms with Crippen molar-refractivity contribution in [2.45, 2.75) is 25.6 Å². The van der Waals surface area contributed by atoms with E-state index < -0.39 is 0 Å². The summed E-state index contributed by atoms with van der Waals surface area (Å²) in [7, 11) is 0. The first-order chi connectivity index (χ1) is 8.54. The summed E-state index contributed by atoms with van der Waals surface area (Å²) in [5.41, 5.74) is 4.90. The molecule has 0 aliphatic carbocycles. The van der Waals surface area contributed by atoms with Crippen LogP contribution in [0.1, 0.15) is 27.6 Å². The molecule has 0 spiro atoms. The molecule has 0 radical (unpaired) electrons. The molecular weight excluding hydrogens is 263 g/mol. The molecule has 18 heavy (non-hydrogen) atoms. The van der Waals surface area contributed by atoms with E-state index in [0.29, 0.717) is 0 Å². The number of hydrogen-bond donors (Lipinski definition) is 0. The molecule has 1 unspecified atom stereocenters. The summed E-state index contributed by atoms with van der Waals surface area (Å²) in [4.78, 5) is 0. The van der Waals surface area contributed by atoms with Gasteiger partial charge in [0.2, 0.25) is 0 Å². The van der Waals surface area contributed by atoms with Crippen LogP contribution in [0.4, 0.5) is 0 Å². The molecule has 0 aromatic heterocycles. The van der Waals surface area contributed by atoms with E-state index in [1.807, 2.05) is 24.3 Å². The van der Waals surface area contributed by atoms with Crippen molar-refractivity contribution in [2.24, 2.45) is 0 Å². The van der Waals surface area contributed by atoms with Gasteiger partial charge >= 0.3 is 0 Å². The third-order valence-electron chi connectivity index (χ3n) is 2.93. The van der Waals surface area contributed by atoms with Crippen LogP contribution in [-0.4, -0.2) is 0 Å². The van der Waals surface area contributed by atoms with Gasteiger partial charge in [-0.2, -0.15) is 0 Å². The molecule has 2 rings (SSSR count). The number of alkyl halides is 1. The Labute approximate surface area is 119 Å². The molecular formula is C16H16Cl2. The summed E-state index contributed by atoms with van der Waals surface area (Å²) in [6.45, 7) is 4.20. The molecule has 0 heterocycles. The molecule has 2 aromatic rings. The maximum Gasteiger partial charge on any atom is 0.0625 e. The maximum absolute atomic E-state index is 6.49. The zero-order valence-corrected chi connectivity index (χ0v) is 12.1. The summed E-state index contributed by atoms with van der Waals surface area (Å²) in [6.07, 6.45) is 0.821. The molecule has 0 bridgehead atoms. The molecule has 0 saturated carbocycles. The molecule has 0 saturated heterocycles. The van der Waals surface area contributed by atoms with Gasteiger partial charge in [0.05, 0.1) is 5.38 Å². The monoisotopic (exact) mass is 278 g/mol. The van der Waals surface area contributed by atoms with E-state index >= 15 is 0 Å². The van der Waals surface area contributed by atoms with E-state index in [1.54, 1.807) is 0 Å². The Bertz CT molecular complexity index is 509. The molecule has 0 fully saturated rings. The van der Waals surface area contributed by atoms with Crippen LogP contribution in [-0.2, 0) is 6.42 Å². The first-order valence-corrected chi connectivity index (χ1v) is 6.83. The van der Waals surface area contributed by atoms with Gasteiger partial charge in [-0.15, -0.1) is 11.6 Å². The second-order valence-electron chi connectivity index (χ2n) is 4.72. The SMILES string of the molecule is Cc1cc(C)cc(C(Cl)Cc2ccc(Cl)cc2)c1. The smallest absolute Gasteiger partial charge is 0.0625 e. The van der Waals surface area contributed by atoms with Gasteiger partial charge in [0.15, 0.2) is 0 Å². The predicted octanol–water partition coefficient (Wildman–Crippen LogP) is 5.48. The number of rotatable bonds is 3. The molecule has 2 aromatic carbocycles. The number of hydrogen-bond acceptors (Lipinski definition) is 0. The fourth-order valence-electron chi connectivity index (χ4n) is 2.14. The highest BCUT2D eigenvalue weighted by Crippen LogP contribution is 2.27. The molecule has 0 aliphatic rings. The average Bonchev–Trinajstić information content (AvgIpc) is 2.31. The van der Waals surface area contributed by atoms with Crippen LogP contribution < -0.4 is 0 Å². The molecule has 0 nitrogen and oxygen atoms in total. The van der Waals surface area contributed by atoms with Gasteiger partial charge in [-0.05, 0) is 43.5 Å². The standard InChI is InChI=1S/C16H16Cl2/c1-11-7-12(2)9-14(8-11)16(18)10-13-3-5-15(17)6-4-13/h3-9,16H,10H2,1-2H3. The topological polar surface area (TPSA) is 0 Å². The Kier molecular flexibility index (Phi) is 4.31. The van der Waals surface area contributed by atoms with E-state index in [4.69, 9.17) is 23.2 Å². The first kappa shape index (κ1) is 13.5. The van der Waals surface area contributed by atoms with Crippen LogP contribution in [0.25, 0.3) is 0 Å². The number of aryl methyl sites for hydroxylation is 2. The Morgan fingerprint density at radius 3 is 2.06 bits per heavy atom. The Morgan fingerprint density at radius 1 is 0.944 bits per heavy atom. The highest BCUT2D eigenvalue weighted by atomic mass is 35.5. The van der Waals surface area contributed by atoms with Gasteiger partial charge in [-0.1, -0.05) is 53.1 Å². The Morgan fingerprint density at radius 2 is 1.50 bits per heavy atom. The lowest BCUT2D eigenvalue weighted by Gasteiger charge is -2.12. The molecule has 0 amide bonds. The minimum Gasteiger partial charge on any atom is -0.117 e. The van der Waals surface area contributed by atoms with E-state index in [0.717, 1.165) is 11.4 Å². The summed E-state index contributed by atoms with van der Waals surface area (Å²) in [6, 6.07) is 14.3. The normalized spacial score (nSPS) is 12.4. The van der Waals surface area contributed by atoms with Crippen molar-refractivity contribution in [2.75, 3.05) is 0 Å². The van der Waals surface area contributed by atoms with Crippen molar-refractivity contribution >= 4 is 23.2 Å². The third-order valence-corrected chi connectivity index (χ3v) is 3.59. The summed E-state index contributed by atoms with van der Waals surface area (Å²) >= 11 is 12.4. The van der Waals surface area contributed by atoms with Gasteiger partial charge in [-0.3, -0.25) is 0 Å². The molecule has 1 atom stereocenters. The van der Waals surface area contributed by atoms with E-state index in [2.05, 4.69) is 32.0 Å². The fraction of sp³-hybridized carbons (Fsp3) is 0.250. The second kappa shape index (κ2) is 5.77. The minimum atomic E-state index is 0.00442. The third kappa shape index (κ3) is 3.51. The van der Waals surface area contributed by atoms with Crippen molar-refractivity contribution in [1.82, 2.24) is 0 Å².